The van der Waals surface area contributed by atoms with E-state index in [9.17, 15) is 26.4 Å². The first-order valence-electron chi connectivity index (χ1n) is 12.4. The lowest BCUT2D eigenvalue weighted by molar-refractivity contribution is -0.143. The average Bonchev–Trinajstić information content (AvgIpc) is 3.27. The Bertz CT molecular complexity index is 1650. The molecule has 41 heavy (non-hydrogen) atoms. The van der Waals surface area contributed by atoms with Crippen LogP contribution >= 0.6 is 11.3 Å². The number of nitrogens with zero attached hydrogens (tertiary/aromatic N) is 3. The molecule has 1 heterocycles. The Labute approximate surface area is 242 Å². The first-order chi connectivity index (χ1) is 19.4. The van der Waals surface area contributed by atoms with Gasteiger partial charge in [0.2, 0.25) is 20.0 Å². The molecule has 3 aromatic rings. The van der Waals surface area contributed by atoms with Crippen LogP contribution in [0.2, 0.25) is 0 Å². The second-order valence-electron chi connectivity index (χ2n) is 8.60. The third-order valence-corrected chi connectivity index (χ3v) is 9.72. The van der Waals surface area contributed by atoms with Gasteiger partial charge in [0.15, 0.2) is 4.80 Å². The smallest absolute Gasteiger partial charge is 0.307 e. The van der Waals surface area contributed by atoms with E-state index in [0.29, 0.717) is 10.2 Å². The zero-order valence-electron chi connectivity index (χ0n) is 22.8. The Morgan fingerprint density at radius 1 is 0.976 bits per heavy atom. The highest BCUT2D eigenvalue weighted by Gasteiger charge is 2.24. The molecule has 0 spiro atoms. The van der Waals surface area contributed by atoms with Crippen LogP contribution in [0.4, 0.5) is 0 Å². The predicted octanol–water partition coefficient (Wildman–Crippen LogP) is 1.33. The summed E-state index contributed by atoms with van der Waals surface area (Å²) in [5, 5.41) is 5.26. The highest BCUT2D eigenvalue weighted by atomic mass is 32.2. The van der Waals surface area contributed by atoms with Crippen LogP contribution in [0.15, 0.2) is 57.2 Å². The number of sulfonamides is 2. The number of nitrogens with two attached hydrogens (primary N) is 1. The van der Waals surface area contributed by atoms with Crippen molar-refractivity contribution in [2.45, 2.75) is 29.7 Å². The van der Waals surface area contributed by atoms with Crippen LogP contribution in [0.1, 0.15) is 23.7 Å². The summed E-state index contributed by atoms with van der Waals surface area (Å²) in [6, 6.07) is 9.60. The molecule has 0 saturated heterocycles. The van der Waals surface area contributed by atoms with Crippen molar-refractivity contribution in [2.75, 3.05) is 47.1 Å². The number of carbonyl (C=O) groups is 2. The first kappa shape index (κ1) is 32.5. The van der Waals surface area contributed by atoms with Crippen molar-refractivity contribution in [2.24, 2.45) is 10.1 Å². The Hall–Kier alpha value is -2.99. The number of amides is 1. The number of hydrogen-bond acceptors (Lipinski definition) is 10. The summed E-state index contributed by atoms with van der Waals surface area (Å²) in [6.45, 7) is 2.67. The van der Waals surface area contributed by atoms with Crippen LogP contribution in [0.5, 0.6) is 0 Å². The number of primary sulfonamides is 1. The predicted molar refractivity (Wildman–Crippen MR) is 151 cm³/mol. The van der Waals surface area contributed by atoms with Crippen LogP contribution in [0.25, 0.3) is 10.2 Å². The summed E-state index contributed by atoms with van der Waals surface area (Å²) in [5.41, 5.74) is 0.677. The molecule has 1 aromatic heterocycles. The van der Waals surface area contributed by atoms with Gasteiger partial charge in [-0.2, -0.15) is 9.30 Å². The van der Waals surface area contributed by atoms with Crippen LogP contribution in [-0.2, 0) is 45.6 Å². The number of fused-ring (bicyclic) bond motifs is 1. The Kier molecular flexibility index (Phi) is 11.3. The largest absolute Gasteiger partial charge is 0.466 e. The minimum atomic E-state index is -3.97. The highest BCUT2D eigenvalue weighted by molar-refractivity contribution is 7.89. The number of thiazole rings is 1. The van der Waals surface area contributed by atoms with Crippen LogP contribution in [0, 0.1) is 0 Å². The summed E-state index contributed by atoms with van der Waals surface area (Å²) in [5.74, 6) is -1.10. The van der Waals surface area contributed by atoms with Gasteiger partial charge in [0, 0.05) is 39.4 Å². The lowest BCUT2D eigenvalue weighted by atomic mass is 10.2. The van der Waals surface area contributed by atoms with Gasteiger partial charge in [0.25, 0.3) is 5.91 Å². The molecule has 1 amide bonds. The third-order valence-electron chi connectivity index (χ3n) is 5.85. The molecule has 0 radical (unpaired) electrons. The number of methoxy groups -OCH3 is 2. The second-order valence-corrected chi connectivity index (χ2v) is 13.1. The number of carbonyl (C=O) groups excluding carboxylic acids is 2. The molecule has 0 atom stereocenters. The topological polar surface area (TPSA) is 177 Å². The summed E-state index contributed by atoms with van der Waals surface area (Å²) in [4.78, 5) is 29.4. The molecule has 2 N–H and O–H groups in total. The third kappa shape index (κ3) is 8.28. The van der Waals surface area contributed by atoms with Gasteiger partial charge < -0.3 is 18.8 Å². The molecule has 0 aliphatic rings. The summed E-state index contributed by atoms with van der Waals surface area (Å²) in [6.07, 6.45) is -0.00676. The molecule has 3 rings (SSSR count). The van der Waals surface area contributed by atoms with Crippen LogP contribution < -0.4 is 9.94 Å². The van der Waals surface area contributed by atoms with E-state index in [1.807, 2.05) is 0 Å². The zero-order chi connectivity index (χ0) is 30.2. The van der Waals surface area contributed by atoms with E-state index in [4.69, 9.17) is 19.3 Å². The molecular weight excluding hydrogens is 596 g/mol. The van der Waals surface area contributed by atoms with Crippen molar-refractivity contribution in [3.63, 3.8) is 0 Å². The molecule has 0 bridgehead atoms. The van der Waals surface area contributed by atoms with E-state index in [1.165, 1.54) is 61.0 Å². The molecular formula is C25H32N4O9S3. The molecule has 2 aromatic carbocycles. The fraction of sp³-hybridized carbons (Fsp3) is 0.400. The van der Waals surface area contributed by atoms with E-state index in [1.54, 1.807) is 11.5 Å². The Morgan fingerprint density at radius 2 is 1.59 bits per heavy atom. The zero-order valence-corrected chi connectivity index (χ0v) is 25.3. The Balaban J connectivity index is 1.98. The Morgan fingerprint density at radius 3 is 2.15 bits per heavy atom. The fourth-order valence-corrected chi connectivity index (χ4v) is 6.89. The fourth-order valence-electron chi connectivity index (χ4n) is 3.78. The number of benzene rings is 2. The molecule has 0 fully saturated rings. The molecule has 0 aliphatic heterocycles. The second kappa shape index (κ2) is 14.3. The maximum absolute atomic E-state index is 13.1. The maximum Gasteiger partial charge on any atom is 0.307 e. The highest BCUT2D eigenvalue weighted by Crippen LogP contribution is 2.22. The molecule has 0 aliphatic carbocycles. The number of aromatic nitrogens is 1. The molecule has 0 unspecified atom stereocenters. The van der Waals surface area contributed by atoms with Gasteiger partial charge in [-0.15, -0.1) is 0 Å². The van der Waals surface area contributed by atoms with Crippen LogP contribution in [-0.4, -0.2) is 84.7 Å². The van der Waals surface area contributed by atoms with E-state index in [2.05, 4.69) is 4.99 Å². The van der Waals surface area contributed by atoms with Gasteiger partial charge in [-0.05, 0) is 49.4 Å². The van der Waals surface area contributed by atoms with Crippen LogP contribution in [0.3, 0.4) is 0 Å². The van der Waals surface area contributed by atoms with Crippen molar-refractivity contribution >= 4 is 53.5 Å². The molecule has 0 saturated carbocycles. The standard InChI is InChI=1S/C25H32N4O9S3/c1-4-38-23(30)11-12-29-21-10-9-20(40(26,32)33)17-22(21)39-25(29)27-24(31)18-5-7-19(8-6-18)41(34,35)28(13-15-36-2)14-16-37-3/h5-10,17H,4,11-16H2,1-3H3,(H2,26,32,33). The number of aryl methyl sites for hydroxylation is 1. The number of esters is 1. The van der Waals surface area contributed by atoms with Crippen molar-refractivity contribution < 1.29 is 40.6 Å². The van der Waals surface area contributed by atoms with E-state index in [-0.39, 0.29) is 66.0 Å². The van der Waals surface area contributed by atoms with Gasteiger partial charge in [0.05, 0.1) is 46.2 Å². The van der Waals surface area contributed by atoms with Gasteiger partial charge in [-0.25, -0.2) is 22.0 Å². The van der Waals surface area contributed by atoms with Crippen molar-refractivity contribution in [3.8, 4) is 0 Å². The number of ether oxygens (including phenoxy) is 3. The molecule has 224 valence electrons. The van der Waals surface area contributed by atoms with Crippen molar-refractivity contribution in [1.82, 2.24) is 8.87 Å². The first-order valence-corrected chi connectivity index (χ1v) is 16.2. The molecule has 16 heteroatoms. The van der Waals surface area contributed by atoms with Crippen molar-refractivity contribution in [3.05, 3.63) is 52.8 Å². The van der Waals surface area contributed by atoms with Gasteiger partial charge in [-0.3, -0.25) is 9.59 Å². The van der Waals surface area contributed by atoms with E-state index < -0.39 is 31.9 Å². The van der Waals surface area contributed by atoms with Gasteiger partial charge in [0.1, 0.15) is 0 Å². The monoisotopic (exact) mass is 628 g/mol. The number of rotatable bonds is 14. The lowest BCUT2D eigenvalue weighted by Crippen LogP contribution is -2.36. The number of hydrogen-bond donors (Lipinski definition) is 1. The quantitative estimate of drug-likeness (QED) is 0.258. The maximum atomic E-state index is 13.1. The minimum absolute atomic E-state index is 0.00676. The van der Waals surface area contributed by atoms with Gasteiger partial charge in [-0.1, -0.05) is 11.3 Å². The summed E-state index contributed by atoms with van der Waals surface area (Å²) in [7, 11) is -4.91. The summed E-state index contributed by atoms with van der Waals surface area (Å²) >= 11 is 1.05. The van der Waals surface area contributed by atoms with E-state index in [0.717, 1.165) is 11.3 Å². The normalized spacial score (nSPS) is 12.8. The van der Waals surface area contributed by atoms with Crippen molar-refractivity contribution in [1.29, 1.82) is 0 Å². The lowest BCUT2D eigenvalue weighted by Gasteiger charge is -2.21. The minimum Gasteiger partial charge on any atom is -0.466 e. The average molecular weight is 629 g/mol. The SMILES string of the molecule is CCOC(=O)CCn1c(=NC(=O)c2ccc(S(=O)(=O)N(CCOC)CCOC)cc2)sc2cc(S(N)(=O)=O)ccc21. The van der Waals surface area contributed by atoms with E-state index >= 15 is 0 Å². The summed E-state index contributed by atoms with van der Waals surface area (Å²) < 4.78 is 68.4. The van der Waals surface area contributed by atoms with Gasteiger partial charge >= 0.3 is 5.97 Å². The molecule has 13 nitrogen and oxygen atoms in total.